The highest BCUT2D eigenvalue weighted by Gasteiger charge is 2.18. The van der Waals surface area contributed by atoms with Crippen molar-refractivity contribution < 1.29 is 0 Å². The molecule has 3 aromatic rings. The first-order valence-corrected chi connectivity index (χ1v) is 7.85. The summed E-state index contributed by atoms with van der Waals surface area (Å²) in [4.78, 5) is 6.39. The second kappa shape index (κ2) is 5.11. The molecule has 3 rings (SSSR count). The summed E-state index contributed by atoms with van der Waals surface area (Å²) in [6.07, 6.45) is 3.23. The molecule has 0 aliphatic heterocycles. The molecule has 0 fully saturated rings. The molecule has 0 saturated heterocycles. The molecule has 0 aromatic carbocycles. The Balaban J connectivity index is 2.07. The van der Waals surface area contributed by atoms with E-state index in [9.17, 15) is 5.26 Å². The van der Waals surface area contributed by atoms with E-state index in [4.69, 9.17) is 0 Å². The summed E-state index contributed by atoms with van der Waals surface area (Å²) in [5.74, 6) is 0. The van der Waals surface area contributed by atoms with E-state index in [1.54, 1.807) is 27.2 Å². The summed E-state index contributed by atoms with van der Waals surface area (Å²) in [5.41, 5.74) is 1.29. The van der Waals surface area contributed by atoms with Crippen molar-refractivity contribution in [1.82, 2.24) is 14.6 Å². The van der Waals surface area contributed by atoms with Crippen LogP contribution in [-0.4, -0.2) is 14.6 Å². The van der Waals surface area contributed by atoms with Crippen LogP contribution in [0.25, 0.3) is 15.5 Å². The molecule has 0 unspecified atom stereocenters. The number of rotatable bonds is 4. The van der Waals surface area contributed by atoms with Crippen LogP contribution in [0.3, 0.4) is 0 Å². The quantitative estimate of drug-likeness (QED) is 0.735. The highest BCUT2D eigenvalue weighted by molar-refractivity contribution is 7.16. The van der Waals surface area contributed by atoms with Crippen molar-refractivity contribution in [3.63, 3.8) is 0 Å². The van der Waals surface area contributed by atoms with Gasteiger partial charge in [0.05, 0.1) is 4.88 Å². The molecule has 0 saturated carbocycles. The number of nitriles is 1. The van der Waals surface area contributed by atoms with Gasteiger partial charge >= 0.3 is 0 Å². The van der Waals surface area contributed by atoms with Crippen LogP contribution in [0.2, 0.25) is 0 Å². The molecule has 0 N–H and O–H groups in total. The Kier molecular flexibility index (Phi) is 3.32. The smallest absolute Gasteiger partial charge is 0.214 e. The predicted octanol–water partition coefficient (Wildman–Crippen LogP) is 3.73. The third-order valence-electron chi connectivity index (χ3n) is 2.85. The SMILES string of the molecule is CCCCc1nn2c(C#N)c(-c3cccs3)nc2s1. The topological polar surface area (TPSA) is 54.0 Å². The zero-order valence-electron chi connectivity index (χ0n) is 10.5. The van der Waals surface area contributed by atoms with Gasteiger partial charge in [-0.3, -0.25) is 0 Å². The third-order valence-corrected chi connectivity index (χ3v) is 4.69. The number of hydrogen-bond acceptors (Lipinski definition) is 5. The molecule has 0 bridgehead atoms. The lowest BCUT2D eigenvalue weighted by atomic mass is 10.3. The van der Waals surface area contributed by atoms with Gasteiger partial charge in [0.25, 0.3) is 0 Å². The van der Waals surface area contributed by atoms with Gasteiger partial charge in [-0.1, -0.05) is 30.7 Å². The minimum absolute atomic E-state index is 0.538. The van der Waals surface area contributed by atoms with Crippen LogP contribution in [-0.2, 0) is 6.42 Å². The number of unbranched alkanes of at least 4 members (excludes halogenated alkanes) is 1. The predicted molar refractivity (Wildman–Crippen MR) is 77.5 cm³/mol. The molecule has 0 amide bonds. The minimum Gasteiger partial charge on any atom is -0.215 e. The van der Waals surface area contributed by atoms with Crippen LogP contribution in [0.5, 0.6) is 0 Å². The Morgan fingerprint density at radius 3 is 3.05 bits per heavy atom. The van der Waals surface area contributed by atoms with Gasteiger partial charge in [0.1, 0.15) is 16.8 Å². The first-order valence-electron chi connectivity index (χ1n) is 6.16. The number of fused-ring (bicyclic) bond motifs is 1. The molecule has 0 aliphatic carbocycles. The van der Waals surface area contributed by atoms with Gasteiger partial charge in [-0.05, 0) is 17.9 Å². The van der Waals surface area contributed by atoms with Gasteiger partial charge in [-0.25, -0.2) is 4.98 Å². The Hall–Kier alpha value is -1.71. The maximum Gasteiger partial charge on any atom is 0.214 e. The van der Waals surface area contributed by atoms with Crippen LogP contribution < -0.4 is 0 Å². The molecule has 0 atom stereocenters. The second-order valence-corrected chi connectivity index (χ2v) is 6.18. The van der Waals surface area contributed by atoms with Crippen LogP contribution in [0.1, 0.15) is 30.5 Å². The fourth-order valence-corrected chi connectivity index (χ4v) is 3.55. The number of hydrogen-bond donors (Lipinski definition) is 0. The fraction of sp³-hybridized carbons (Fsp3) is 0.308. The first kappa shape index (κ1) is 12.3. The molecule has 3 aromatic heterocycles. The van der Waals surface area contributed by atoms with E-state index in [2.05, 4.69) is 23.1 Å². The highest BCUT2D eigenvalue weighted by Crippen LogP contribution is 2.29. The molecule has 3 heterocycles. The van der Waals surface area contributed by atoms with E-state index in [1.165, 1.54) is 0 Å². The van der Waals surface area contributed by atoms with Crippen molar-refractivity contribution in [1.29, 1.82) is 5.26 Å². The molecule has 6 heteroatoms. The number of thiophene rings is 1. The Morgan fingerprint density at radius 1 is 1.47 bits per heavy atom. The molecule has 0 aliphatic rings. The van der Waals surface area contributed by atoms with Crippen LogP contribution in [0, 0.1) is 11.3 Å². The summed E-state index contributed by atoms with van der Waals surface area (Å²) in [6, 6.07) is 6.18. The molecule has 96 valence electrons. The normalized spacial score (nSPS) is 10.9. The van der Waals surface area contributed by atoms with Crippen molar-refractivity contribution in [2.75, 3.05) is 0 Å². The highest BCUT2D eigenvalue weighted by atomic mass is 32.1. The van der Waals surface area contributed by atoms with Crippen molar-refractivity contribution in [3.8, 4) is 16.6 Å². The average molecular weight is 288 g/mol. The summed E-state index contributed by atoms with van der Waals surface area (Å²) < 4.78 is 1.69. The Morgan fingerprint density at radius 2 is 2.37 bits per heavy atom. The van der Waals surface area contributed by atoms with E-state index >= 15 is 0 Å². The Bertz CT molecular complexity index is 731. The maximum absolute atomic E-state index is 9.35. The van der Waals surface area contributed by atoms with Gasteiger partial charge in [-0.15, -0.1) is 11.3 Å². The van der Waals surface area contributed by atoms with E-state index < -0.39 is 0 Å². The van der Waals surface area contributed by atoms with Gasteiger partial charge in [0, 0.05) is 6.42 Å². The molecule has 0 radical (unpaired) electrons. The lowest BCUT2D eigenvalue weighted by Gasteiger charge is -1.93. The standard InChI is InChI=1S/C13H12N4S2/c1-2-3-6-11-16-17-9(8-14)12(15-13(17)19-11)10-5-4-7-18-10/h4-5,7H,2-3,6H2,1H3. The van der Waals surface area contributed by atoms with Gasteiger partial charge in [-0.2, -0.15) is 14.9 Å². The molecular formula is C13H12N4S2. The summed E-state index contributed by atoms with van der Waals surface area (Å²) in [7, 11) is 0. The van der Waals surface area contributed by atoms with E-state index in [0.29, 0.717) is 5.69 Å². The van der Waals surface area contributed by atoms with Gasteiger partial charge in [0.2, 0.25) is 4.96 Å². The maximum atomic E-state index is 9.35. The summed E-state index contributed by atoms with van der Waals surface area (Å²) in [6.45, 7) is 2.16. The molecular weight excluding hydrogens is 276 g/mol. The zero-order valence-corrected chi connectivity index (χ0v) is 12.1. The second-order valence-electron chi connectivity index (χ2n) is 4.19. The van der Waals surface area contributed by atoms with Crippen LogP contribution >= 0.6 is 22.7 Å². The largest absolute Gasteiger partial charge is 0.215 e. The monoisotopic (exact) mass is 288 g/mol. The van der Waals surface area contributed by atoms with Gasteiger partial charge < -0.3 is 0 Å². The molecule has 19 heavy (non-hydrogen) atoms. The van der Waals surface area contributed by atoms with Crippen LogP contribution in [0.4, 0.5) is 0 Å². The minimum atomic E-state index is 0.538. The third kappa shape index (κ3) is 2.15. The zero-order chi connectivity index (χ0) is 13.2. The first-order chi connectivity index (χ1) is 9.33. The van der Waals surface area contributed by atoms with Crippen molar-refractivity contribution in [2.45, 2.75) is 26.2 Å². The number of imidazole rings is 1. The average Bonchev–Trinajstić information content (AvgIpc) is 3.10. The van der Waals surface area contributed by atoms with Crippen molar-refractivity contribution in [2.24, 2.45) is 0 Å². The number of nitrogens with zero attached hydrogens (tertiary/aromatic N) is 4. The number of aryl methyl sites for hydroxylation is 1. The van der Waals surface area contributed by atoms with E-state index in [1.807, 2.05) is 17.5 Å². The lowest BCUT2D eigenvalue weighted by Crippen LogP contribution is -1.92. The Labute approximate surface area is 119 Å². The van der Waals surface area contributed by atoms with Gasteiger partial charge in [0.15, 0.2) is 5.69 Å². The lowest BCUT2D eigenvalue weighted by molar-refractivity contribution is 0.769. The summed E-state index contributed by atoms with van der Waals surface area (Å²) in [5, 5.41) is 16.9. The number of aromatic nitrogens is 3. The summed E-state index contributed by atoms with van der Waals surface area (Å²) >= 11 is 3.17. The van der Waals surface area contributed by atoms with E-state index in [0.717, 1.165) is 39.8 Å². The van der Waals surface area contributed by atoms with Crippen LogP contribution in [0.15, 0.2) is 17.5 Å². The van der Waals surface area contributed by atoms with E-state index in [-0.39, 0.29) is 0 Å². The fourth-order valence-electron chi connectivity index (χ4n) is 1.90. The molecule has 4 nitrogen and oxygen atoms in total. The molecule has 0 spiro atoms. The van der Waals surface area contributed by atoms with Crippen molar-refractivity contribution >= 4 is 27.6 Å². The van der Waals surface area contributed by atoms with Crippen molar-refractivity contribution in [3.05, 3.63) is 28.2 Å².